The molecule has 0 aliphatic heterocycles. The van der Waals surface area contributed by atoms with Crippen LogP contribution in [0.25, 0.3) is 41.9 Å². The van der Waals surface area contributed by atoms with E-state index in [2.05, 4.69) is 96.4 Å². The van der Waals surface area contributed by atoms with Gasteiger partial charge in [-0.25, -0.2) is 0 Å². The molecule has 0 atom stereocenters. The fourth-order valence-corrected chi connectivity index (χ4v) is 5.87. The quantitative estimate of drug-likeness (QED) is 0.148. The van der Waals surface area contributed by atoms with Crippen molar-refractivity contribution in [3.05, 3.63) is 114 Å². The maximum absolute atomic E-state index is 4.53. The van der Waals surface area contributed by atoms with Crippen LogP contribution in [0, 0.1) is 32.9 Å². The molecule has 0 aliphatic carbocycles. The number of hydrogen-bond donors (Lipinski definition) is 0. The topological polar surface area (TPSA) is 38.7 Å². The molecule has 4 aromatic heterocycles. The van der Waals surface area contributed by atoms with E-state index < -0.39 is 0 Å². The van der Waals surface area contributed by atoms with Crippen LogP contribution in [-0.4, -0.2) is 29.5 Å². The normalized spacial score (nSPS) is 10.5. The predicted molar refractivity (Wildman–Crippen MR) is 141 cm³/mol. The van der Waals surface area contributed by atoms with E-state index in [1.807, 2.05) is 30.6 Å². The molecule has 5 heteroatoms. The van der Waals surface area contributed by atoms with Crippen molar-refractivity contribution in [3.63, 3.8) is 0 Å². The molecule has 175 valence electrons. The van der Waals surface area contributed by atoms with Gasteiger partial charge in [-0.1, -0.05) is 18.6 Å². The van der Waals surface area contributed by atoms with E-state index in [1.54, 1.807) is 6.20 Å². The van der Waals surface area contributed by atoms with Crippen LogP contribution >= 0.6 is 0 Å². The third kappa shape index (κ3) is 5.66. The van der Waals surface area contributed by atoms with E-state index >= 15 is 0 Å². The molecule has 0 saturated carbocycles. The molecule has 0 amide bonds. The van der Waals surface area contributed by atoms with Gasteiger partial charge in [0.2, 0.25) is 0 Å². The zero-order valence-electron chi connectivity index (χ0n) is 19.7. The molecule has 35 heavy (non-hydrogen) atoms. The number of benzene rings is 2. The van der Waals surface area contributed by atoms with Gasteiger partial charge in [-0.2, -0.15) is 0 Å². The van der Waals surface area contributed by atoms with Gasteiger partial charge in [0.1, 0.15) is 0 Å². The fraction of sp³-hybridized carbons (Fsp3) is 0.100. The zero-order valence-corrected chi connectivity index (χ0v) is 23.8. The summed E-state index contributed by atoms with van der Waals surface area (Å²) in [4.78, 5) is 13.3. The summed E-state index contributed by atoms with van der Waals surface area (Å²) in [6.07, 6.45) is 5.68. The van der Waals surface area contributed by atoms with E-state index in [4.69, 9.17) is 0 Å². The molecule has 1 radical (unpaired) electrons. The molecule has 3 nitrogen and oxygen atoms in total. The van der Waals surface area contributed by atoms with Crippen molar-refractivity contribution in [1.29, 1.82) is 0 Å². The van der Waals surface area contributed by atoms with Gasteiger partial charge in [0.05, 0.1) is 0 Å². The first-order valence-electron chi connectivity index (χ1n) is 11.1. The number of pyridine rings is 3. The molecule has 0 bridgehead atoms. The molecule has 6 aromatic rings. The van der Waals surface area contributed by atoms with Crippen LogP contribution in [0.4, 0.5) is 0 Å². The van der Waals surface area contributed by atoms with Crippen LogP contribution in [-0.2, 0) is 20.1 Å². The van der Waals surface area contributed by atoms with Crippen molar-refractivity contribution >= 4 is 33.8 Å². The molecular formula is C30H23IrN3Se-2. The minimum absolute atomic E-state index is 0. The van der Waals surface area contributed by atoms with Crippen molar-refractivity contribution < 1.29 is 20.1 Å². The van der Waals surface area contributed by atoms with Crippen molar-refractivity contribution in [2.24, 2.45) is 0 Å². The molecular weight excluding hydrogens is 674 g/mol. The number of hydrogen-bond acceptors (Lipinski definition) is 3. The second-order valence-electron chi connectivity index (χ2n) is 8.23. The monoisotopic (exact) mass is 698 g/mol. The van der Waals surface area contributed by atoms with E-state index in [-0.39, 0.29) is 20.1 Å². The van der Waals surface area contributed by atoms with E-state index in [1.165, 1.54) is 36.0 Å². The Morgan fingerprint density at radius 2 is 1.54 bits per heavy atom. The van der Waals surface area contributed by atoms with Crippen LogP contribution in [0.5, 0.6) is 0 Å². The molecule has 0 saturated heterocycles. The van der Waals surface area contributed by atoms with Crippen LogP contribution in [0.2, 0.25) is 0 Å². The van der Waals surface area contributed by atoms with Gasteiger partial charge in [-0.05, 0) is 25.1 Å². The Morgan fingerprint density at radius 3 is 2.29 bits per heavy atom. The van der Waals surface area contributed by atoms with Crippen molar-refractivity contribution in [2.45, 2.75) is 20.8 Å². The Bertz CT molecular complexity index is 1580. The van der Waals surface area contributed by atoms with Crippen molar-refractivity contribution in [1.82, 2.24) is 15.0 Å². The minimum atomic E-state index is 0. The Hall–Kier alpha value is -2.94. The van der Waals surface area contributed by atoms with Gasteiger partial charge in [-0.3, -0.25) is 0 Å². The Kier molecular flexibility index (Phi) is 8.05. The SMILES string of the molecule is Cc1c[c-]c(-c2cc(C)c(C)cn2)cc1.[Ir].[c-]1cccnc1-c1cc2c(cn1)[se]c1ccccc12. The maximum atomic E-state index is 4.53. The summed E-state index contributed by atoms with van der Waals surface area (Å²) in [5.74, 6) is 0. The van der Waals surface area contributed by atoms with Crippen LogP contribution in [0.3, 0.4) is 0 Å². The van der Waals surface area contributed by atoms with E-state index in [0.717, 1.165) is 22.6 Å². The Labute approximate surface area is 225 Å². The molecule has 0 fully saturated rings. The predicted octanol–water partition coefficient (Wildman–Crippen LogP) is 6.78. The van der Waals surface area contributed by atoms with Gasteiger partial charge in [0, 0.05) is 26.3 Å². The first-order valence-corrected chi connectivity index (χ1v) is 12.8. The van der Waals surface area contributed by atoms with Gasteiger partial charge in [-0.15, -0.1) is 35.4 Å². The second kappa shape index (κ2) is 11.2. The molecule has 0 aliphatic rings. The number of nitrogens with zero attached hydrogens (tertiary/aromatic N) is 3. The number of rotatable bonds is 2. The van der Waals surface area contributed by atoms with Gasteiger partial charge in [0.25, 0.3) is 0 Å². The standard InChI is InChI=1S/C16H9N2Se.C14H14N.Ir/c1-2-7-15-11(5-1)12-9-14(18-10-16(12)19-15)13-6-3-4-8-17-13;1-10-4-6-13(7-5-10)14-8-11(2)12(3)9-15-14;/h1-5,7-10H;4-6,8-9H,1-3H3;/q2*-1;. The third-order valence-electron chi connectivity index (χ3n) is 5.73. The average molecular weight is 697 g/mol. The van der Waals surface area contributed by atoms with Crippen molar-refractivity contribution in [3.8, 4) is 22.6 Å². The van der Waals surface area contributed by atoms with Gasteiger partial charge >= 0.3 is 116 Å². The number of aromatic nitrogens is 3. The van der Waals surface area contributed by atoms with Gasteiger partial charge in [0.15, 0.2) is 0 Å². The van der Waals surface area contributed by atoms with E-state index in [0.29, 0.717) is 14.5 Å². The zero-order chi connectivity index (χ0) is 23.5. The summed E-state index contributed by atoms with van der Waals surface area (Å²) in [6, 6.07) is 29.1. The first kappa shape index (κ1) is 25.2. The third-order valence-corrected chi connectivity index (χ3v) is 8.08. The summed E-state index contributed by atoms with van der Waals surface area (Å²) in [5, 5.41) is 2.65. The van der Waals surface area contributed by atoms with E-state index in [9.17, 15) is 0 Å². The molecule has 0 unspecified atom stereocenters. The summed E-state index contributed by atoms with van der Waals surface area (Å²) in [7, 11) is 0. The first-order chi connectivity index (χ1) is 16.6. The number of fused-ring (bicyclic) bond motifs is 3. The van der Waals surface area contributed by atoms with Crippen molar-refractivity contribution in [2.75, 3.05) is 0 Å². The Morgan fingerprint density at radius 1 is 0.714 bits per heavy atom. The average Bonchev–Trinajstić information content (AvgIpc) is 3.25. The molecule has 0 spiro atoms. The number of aryl methyl sites for hydroxylation is 3. The summed E-state index contributed by atoms with van der Waals surface area (Å²) in [5.41, 5.74) is 7.48. The molecule has 4 heterocycles. The Balaban J connectivity index is 0.000000165. The summed E-state index contributed by atoms with van der Waals surface area (Å²) in [6.45, 7) is 6.24. The second-order valence-corrected chi connectivity index (χ2v) is 10.5. The molecule has 6 rings (SSSR count). The molecule has 2 aromatic carbocycles. The van der Waals surface area contributed by atoms with Crippen LogP contribution in [0.1, 0.15) is 16.7 Å². The fourth-order valence-electron chi connectivity index (χ4n) is 3.66. The molecule has 0 N–H and O–H groups in total. The van der Waals surface area contributed by atoms with Crippen LogP contribution in [0.15, 0.2) is 85.3 Å². The van der Waals surface area contributed by atoms with Gasteiger partial charge < -0.3 is 4.98 Å². The summed E-state index contributed by atoms with van der Waals surface area (Å²) >= 11 is 0.380. The summed E-state index contributed by atoms with van der Waals surface area (Å²) < 4.78 is 2.79. The van der Waals surface area contributed by atoms with Crippen LogP contribution < -0.4 is 0 Å².